The van der Waals surface area contributed by atoms with Crippen LogP contribution in [0.15, 0.2) is 97.9 Å². The van der Waals surface area contributed by atoms with Crippen LogP contribution in [0.1, 0.15) is 13.8 Å². The van der Waals surface area contributed by atoms with Crippen molar-refractivity contribution in [1.82, 2.24) is 29.1 Å². The quantitative estimate of drug-likeness (QED) is 0.0486. The zero-order valence-corrected chi connectivity index (χ0v) is 37.6. The lowest BCUT2D eigenvalue weighted by molar-refractivity contribution is -0.135. The van der Waals surface area contributed by atoms with Gasteiger partial charge in [0.05, 0.1) is 29.8 Å². The number of rotatable bonds is 12. The van der Waals surface area contributed by atoms with Crippen molar-refractivity contribution in [3.05, 3.63) is 93.4 Å². The average molecular weight is 991 g/mol. The maximum Gasteiger partial charge on any atom is 0.318 e. The summed E-state index contributed by atoms with van der Waals surface area (Å²) in [6.45, 7) is 3.28. The van der Waals surface area contributed by atoms with Crippen LogP contribution in [0.3, 0.4) is 0 Å². The van der Waals surface area contributed by atoms with Crippen LogP contribution < -0.4 is 37.1 Å². The summed E-state index contributed by atoms with van der Waals surface area (Å²) in [6, 6.07) is 13.1. The second-order valence-electron chi connectivity index (χ2n) is 12.2. The molecule has 12 N–H and O–H groups in total. The van der Waals surface area contributed by atoms with Crippen molar-refractivity contribution in [3.63, 3.8) is 0 Å². The normalized spacial score (nSPS) is 11.6. The molecule has 0 aliphatic carbocycles. The van der Waals surface area contributed by atoms with E-state index in [2.05, 4.69) is 34.4 Å². The molecule has 3 heterocycles. The molecule has 330 valence electrons. The number of nitrogens with one attached hydrogen (secondary N) is 3. The predicted molar refractivity (Wildman–Crippen MR) is 241 cm³/mol. The van der Waals surface area contributed by atoms with Crippen molar-refractivity contribution in [3.8, 4) is 0 Å². The largest absolute Gasteiger partial charge is 0.480 e. The van der Waals surface area contributed by atoms with Gasteiger partial charge in [0.1, 0.15) is 11.7 Å². The maximum atomic E-state index is 12.1. The minimum atomic E-state index is -4.02. The molecule has 0 aliphatic heterocycles. The lowest BCUT2D eigenvalue weighted by Crippen LogP contribution is -2.29. The van der Waals surface area contributed by atoms with Crippen LogP contribution >= 0.6 is 46.4 Å². The minimum Gasteiger partial charge on any atom is -0.480 e. The second-order valence-corrected chi connectivity index (χ2v) is 19.1. The Morgan fingerprint density at radius 3 is 1.26 bits per heavy atom. The number of carboxylic acids is 1. The van der Waals surface area contributed by atoms with Crippen molar-refractivity contribution in [2.24, 2.45) is 32.9 Å². The molecule has 3 aromatic carbocycles. The number of carbonyl (C=O) groups is 1. The SMILES string of the molecule is CCNS(=O)(=O)c1ccc2c(Cl)cnc(Cl)c2c1.CCNS(=O)(=O)c1ccc2c(Cl)cnc(N=C(N)N)c2c1.NC(N)=Nc1ncc(Cl)c2ccc(S(=O)(=O)NCC(=O)O)cc12. The number of aliphatic imine (C=N–C) groups is 2. The third-order valence-electron chi connectivity index (χ3n) is 7.82. The van der Waals surface area contributed by atoms with Crippen LogP contribution in [0.25, 0.3) is 32.3 Å². The lowest BCUT2D eigenvalue weighted by atomic mass is 10.1. The number of halogens is 4. The van der Waals surface area contributed by atoms with Gasteiger partial charge in [-0.3, -0.25) is 4.79 Å². The van der Waals surface area contributed by atoms with Gasteiger partial charge in [0.2, 0.25) is 30.1 Å². The molecule has 0 aliphatic rings. The Hall–Kier alpha value is -5.21. The number of aliphatic carboxylic acids is 1. The van der Waals surface area contributed by atoms with Gasteiger partial charge in [0.15, 0.2) is 23.6 Å². The summed E-state index contributed by atoms with van der Waals surface area (Å²) in [4.78, 5) is 30.2. The van der Waals surface area contributed by atoms with Crippen molar-refractivity contribution in [2.75, 3.05) is 19.6 Å². The minimum absolute atomic E-state index is 0.0907. The number of fused-ring (bicyclic) bond motifs is 3. The van der Waals surface area contributed by atoms with Crippen molar-refractivity contribution < 1.29 is 35.2 Å². The summed E-state index contributed by atoms with van der Waals surface area (Å²) < 4.78 is 78.8. The molecular weight excluding hydrogens is 954 g/mol. The molecule has 0 amide bonds. The van der Waals surface area contributed by atoms with Gasteiger partial charge in [-0.15, -0.1) is 0 Å². The molecule has 0 atom stereocenters. The van der Waals surface area contributed by atoms with Crippen molar-refractivity contribution in [2.45, 2.75) is 28.5 Å². The molecule has 0 bridgehead atoms. The highest BCUT2D eigenvalue weighted by molar-refractivity contribution is 7.90. The topological polar surface area (TPSA) is 343 Å². The fourth-order valence-corrected chi connectivity index (χ4v) is 9.19. The first-order valence-electron chi connectivity index (χ1n) is 17.3. The molecule has 0 spiro atoms. The molecule has 6 aromatic rings. The van der Waals surface area contributed by atoms with Crippen molar-refractivity contribution in [1.29, 1.82) is 0 Å². The standard InChI is InChI=1S/C12H12ClN5O4S.C12H14ClN5O2S.C11H10Cl2N2O2S/c13-9-4-16-11(18-12(14)15)8-3-6(1-2-7(8)9)23(21,22)17-5-10(19)20;1-2-17-21(19,20)7-3-4-8-9(5-7)11(18-12(14)15)16-6-10(8)13;1-2-15-18(16,17)7-3-4-8-9(5-7)11(13)14-6-10(8)12/h1-4,17H,5H2,(H,19,20)(H4,14,15,16,18);3-6,17H,2H2,1H3,(H4,14,15,16,18);3-6,15H,2H2,1H3. The Labute approximate surface area is 374 Å². The Balaban J connectivity index is 0.000000206. The molecule has 0 radical (unpaired) electrons. The number of benzene rings is 3. The molecule has 0 saturated carbocycles. The number of guanidine groups is 2. The van der Waals surface area contributed by atoms with E-state index in [0.29, 0.717) is 48.9 Å². The van der Waals surface area contributed by atoms with Gasteiger partial charge in [-0.05, 0) is 36.4 Å². The lowest BCUT2D eigenvalue weighted by Gasteiger charge is -2.08. The van der Waals surface area contributed by atoms with E-state index in [1.807, 2.05) is 4.72 Å². The van der Waals surface area contributed by atoms with Gasteiger partial charge in [0, 0.05) is 64.0 Å². The highest BCUT2D eigenvalue weighted by atomic mass is 35.5. The molecule has 6 rings (SSSR count). The van der Waals surface area contributed by atoms with Gasteiger partial charge in [-0.25, -0.2) is 49.6 Å². The van der Waals surface area contributed by atoms with Gasteiger partial charge < -0.3 is 28.0 Å². The first-order chi connectivity index (χ1) is 29.0. The molecule has 62 heavy (non-hydrogen) atoms. The van der Waals surface area contributed by atoms with Gasteiger partial charge >= 0.3 is 5.97 Å². The zero-order chi connectivity index (χ0) is 46.2. The molecular formula is C35H36Cl4N12O8S3. The predicted octanol–water partition coefficient (Wildman–Crippen LogP) is 4.09. The molecule has 27 heteroatoms. The first-order valence-corrected chi connectivity index (χ1v) is 23.3. The highest BCUT2D eigenvalue weighted by Crippen LogP contribution is 2.33. The van der Waals surface area contributed by atoms with E-state index in [9.17, 15) is 30.0 Å². The Bertz CT molecular complexity index is 3080. The first kappa shape index (κ1) is 49.4. The van der Waals surface area contributed by atoms with Gasteiger partial charge in [-0.1, -0.05) is 78.5 Å². The zero-order valence-electron chi connectivity index (χ0n) is 32.1. The number of carboxylic acid groups (broad SMARTS) is 1. The van der Waals surface area contributed by atoms with E-state index in [-0.39, 0.29) is 55.0 Å². The van der Waals surface area contributed by atoms with Crippen LogP contribution in [0.2, 0.25) is 20.2 Å². The number of sulfonamides is 3. The Morgan fingerprint density at radius 2 is 0.903 bits per heavy atom. The summed E-state index contributed by atoms with van der Waals surface area (Å²) in [6.07, 6.45) is 4.18. The van der Waals surface area contributed by atoms with Crippen LogP contribution in [0, 0.1) is 0 Å². The molecule has 20 nitrogen and oxygen atoms in total. The number of hydrogen-bond acceptors (Lipinski definition) is 12. The summed E-state index contributed by atoms with van der Waals surface area (Å²) >= 11 is 24.0. The number of hydrogen-bond donors (Lipinski definition) is 8. The Morgan fingerprint density at radius 1 is 0.565 bits per heavy atom. The van der Waals surface area contributed by atoms with Gasteiger partial charge in [-0.2, -0.15) is 14.7 Å². The van der Waals surface area contributed by atoms with Crippen LogP contribution in [-0.2, 0) is 34.9 Å². The highest BCUT2D eigenvalue weighted by Gasteiger charge is 2.19. The number of pyridine rings is 3. The van der Waals surface area contributed by atoms with E-state index >= 15 is 0 Å². The van der Waals surface area contributed by atoms with Crippen LogP contribution in [0.5, 0.6) is 0 Å². The summed E-state index contributed by atoms with van der Waals surface area (Å²) in [7, 11) is -11.1. The van der Waals surface area contributed by atoms with E-state index in [0.717, 1.165) is 0 Å². The van der Waals surface area contributed by atoms with Crippen molar-refractivity contribution >= 4 is 138 Å². The second kappa shape index (κ2) is 20.8. The fourth-order valence-electron chi connectivity index (χ4n) is 5.21. The monoisotopic (exact) mass is 988 g/mol. The summed E-state index contributed by atoms with van der Waals surface area (Å²) in [5, 5.41) is 13.0. The van der Waals surface area contributed by atoms with E-state index in [1.54, 1.807) is 26.0 Å². The molecule has 3 aromatic heterocycles. The average Bonchev–Trinajstić information content (AvgIpc) is 3.20. The third-order valence-corrected chi connectivity index (χ3v) is 13.5. The maximum absolute atomic E-state index is 12.1. The molecule has 0 fully saturated rings. The van der Waals surface area contributed by atoms with Crippen LogP contribution in [-0.4, -0.2) is 82.8 Å². The van der Waals surface area contributed by atoms with E-state index in [1.165, 1.54) is 61.1 Å². The summed E-state index contributed by atoms with van der Waals surface area (Å²) in [5.74, 6) is -1.42. The van der Waals surface area contributed by atoms with Crippen LogP contribution in [0.4, 0.5) is 11.6 Å². The van der Waals surface area contributed by atoms with E-state index in [4.69, 9.17) is 74.4 Å². The number of aromatic nitrogens is 3. The smallest absolute Gasteiger partial charge is 0.318 e. The number of nitrogens with zero attached hydrogens (tertiary/aromatic N) is 5. The third kappa shape index (κ3) is 12.5. The van der Waals surface area contributed by atoms with Gasteiger partial charge in [0.25, 0.3) is 0 Å². The molecule has 0 saturated heterocycles. The van der Waals surface area contributed by atoms with E-state index < -0.39 is 42.6 Å². The summed E-state index contributed by atoms with van der Waals surface area (Å²) in [5.41, 5.74) is 21.3. The Kier molecular flexibility index (Phi) is 16.6. The fraction of sp³-hybridized carbons (Fsp3) is 0.143. The number of nitrogens with two attached hydrogens (primary N) is 4. The molecule has 0 unspecified atom stereocenters.